The van der Waals surface area contributed by atoms with Crippen LogP contribution in [0.15, 0.2) is 110 Å². The third-order valence-electron chi connectivity index (χ3n) is 11.2. The molecule has 0 aliphatic carbocycles. The van der Waals surface area contributed by atoms with Gasteiger partial charge in [0.2, 0.25) is 0 Å². The molecule has 5 nitrogen and oxygen atoms in total. The molecule has 0 radical (unpaired) electrons. The van der Waals surface area contributed by atoms with E-state index in [9.17, 15) is 5.11 Å². The number of aliphatic hydroxyl groups is 1. The highest BCUT2D eigenvalue weighted by Crippen LogP contribution is 2.44. The van der Waals surface area contributed by atoms with Crippen molar-refractivity contribution in [1.29, 1.82) is 0 Å². The fourth-order valence-corrected chi connectivity index (χ4v) is 18.9. The summed E-state index contributed by atoms with van der Waals surface area (Å²) in [6.07, 6.45) is 6.58. The van der Waals surface area contributed by atoms with E-state index < -0.39 is 22.7 Å². The molecule has 0 heterocycles. The van der Waals surface area contributed by atoms with Crippen molar-refractivity contribution in [3.05, 3.63) is 115 Å². The molecule has 53 heavy (non-hydrogen) atoms. The van der Waals surface area contributed by atoms with Gasteiger partial charge in [0.15, 0.2) is 8.32 Å². The average Bonchev–Trinajstić information content (AvgIpc) is 3.12. The van der Waals surface area contributed by atoms with Gasteiger partial charge in [0, 0.05) is 18.6 Å². The van der Waals surface area contributed by atoms with E-state index in [1.807, 2.05) is 42.5 Å². The highest BCUT2D eigenvalue weighted by Gasteiger charge is 2.51. The molecule has 3 aromatic rings. The standard InChI is InChI=1S/C46H70O5Si2/c1-13-21-40(32-38(8)51-53(46(9,10)11,42-22-16-14-17-23-42)43-24-18-15-19-25-43)44(34-50-52(35(2)3,36(4)5)37(6)7)45(47)26-20-31-49-33-39-27-29-41(48-12)30-28-39/h13-20,22-30,35-38,40,44-45,47H,1,21,31-34H2,2-12H3/b26-20+/t38-,40-,44+,45-/m0/s1. The van der Waals surface area contributed by atoms with E-state index in [-0.39, 0.29) is 23.0 Å². The summed E-state index contributed by atoms with van der Waals surface area (Å²) in [6, 6.07) is 29.6. The smallest absolute Gasteiger partial charge is 0.261 e. The second-order valence-electron chi connectivity index (χ2n) is 16.7. The van der Waals surface area contributed by atoms with Crippen LogP contribution < -0.4 is 15.1 Å². The van der Waals surface area contributed by atoms with E-state index in [2.05, 4.69) is 136 Å². The van der Waals surface area contributed by atoms with Gasteiger partial charge in [0.1, 0.15) is 5.75 Å². The van der Waals surface area contributed by atoms with Crippen LogP contribution in [0.4, 0.5) is 0 Å². The highest BCUT2D eigenvalue weighted by molar-refractivity contribution is 6.99. The van der Waals surface area contributed by atoms with Gasteiger partial charge in [-0.1, -0.05) is 153 Å². The minimum Gasteiger partial charge on any atom is -0.497 e. The van der Waals surface area contributed by atoms with E-state index in [1.165, 1.54) is 10.4 Å². The fraction of sp³-hybridized carbons (Fsp3) is 0.522. The summed E-state index contributed by atoms with van der Waals surface area (Å²) in [7, 11) is -3.31. The van der Waals surface area contributed by atoms with E-state index in [0.29, 0.717) is 36.4 Å². The first-order valence-electron chi connectivity index (χ1n) is 19.7. The van der Waals surface area contributed by atoms with Crippen LogP contribution in [0.1, 0.15) is 87.6 Å². The van der Waals surface area contributed by atoms with Gasteiger partial charge in [-0.15, -0.1) is 6.58 Å². The Morgan fingerprint density at radius 3 is 1.75 bits per heavy atom. The zero-order valence-electron chi connectivity index (χ0n) is 34.7. The summed E-state index contributed by atoms with van der Waals surface area (Å²) >= 11 is 0. The number of aliphatic hydroxyl groups excluding tert-OH is 1. The minimum atomic E-state index is -2.77. The first-order chi connectivity index (χ1) is 25.1. The summed E-state index contributed by atoms with van der Waals surface area (Å²) in [5, 5.41) is 14.4. The molecule has 292 valence electrons. The molecule has 0 aromatic heterocycles. The minimum absolute atomic E-state index is 0.0822. The predicted octanol–water partition coefficient (Wildman–Crippen LogP) is 10.5. The Kier molecular flexibility index (Phi) is 17.5. The van der Waals surface area contributed by atoms with Crippen molar-refractivity contribution in [1.82, 2.24) is 0 Å². The van der Waals surface area contributed by atoms with Gasteiger partial charge in [0.05, 0.1) is 26.4 Å². The number of hydrogen-bond acceptors (Lipinski definition) is 5. The van der Waals surface area contributed by atoms with Crippen LogP contribution in [-0.2, 0) is 20.2 Å². The fourth-order valence-electron chi connectivity index (χ4n) is 8.69. The van der Waals surface area contributed by atoms with Gasteiger partial charge in [-0.05, 0) is 75.4 Å². The molecular formula is C46H70O5Si2. The maximum atomic E-state index is 12.0. The molecule has 0 amide bonds. The topological polar surface area (TPSA) is 57.2 Å². The first kappa shape index (κ1) is 44.6. The Labute approximate surface area is 325 Å². The number of hydrogen-bond donors (Lipinski definition) is 1. The maximum absolute atomic E-state index is 12.0. The van der Waals surface area contributed by atoms with Crippen molar-refractivity contribution >= 4 is 27.0 Å². The number of rotatable bonds is 22. The monoisotopic (exact) mass is 758 g/mol. The van der Waals surface area contributed by atoms with Gasteiger partial charge in [0.25, 0.3) is 8.32 Å². The lowest BCUT2D eigenvalue weighted by molar-refractivity contribution is 0.0451. The van der Waals surface area contributed by atoms with Crippen molar-refractivity contribution in [2.75, 3.05) is 20.3 Å². The molecule has 4 atom stereocenters. The molecule has 0 saturated carbocycles. The molecule has 0 aliphatic heterocycles. The van der Waals surface area contributed by atoms with Crippen LogP contribution in [0.3, 0.4) is 0 Å². The Morgan fingerprint density at radius 1 is 0.774 bits per heavy atom. The lowest BCUT2D eigenvalue weighted by atomic mass is 9.82. The molecule has 0 bridgehead atoms. The zero-order chi connectivity index (χ0) is 39.2. The second kappa shape index (κ2) is 20.8. The lowest BCUT2D eigenvalue weighted by Gasteiger charge is -2.46. The Hall–Kier alpha value is -2.79. The van der Waals surface area contributed by atoms with Crippen molar-refractivity contribution in [2.45, 2.75) is 123 Å². The Bertz CT molecular complexity index is 1440. The van der Waals surface area contributed by atoms with Crippen LogP contribution in [0.5, 0.6) is 5.75 Å². The van der Waals surface area contributed by atoms with Crippen molar-refractivity contribution in [2.24, 2.45) is 11.8 Å². The van der Waals surface area contributed by atoms with Gasteiger partial charge in [-0.3, -0.25) is 0 Å². The quantitative estimate of drug-likeness (QED) is 0.0628. The third-order valence-corrected chi connectivity index (χ3v) is 22.4. The molecule has 0 fully saturated rings. The average molecular weight is 759 g/mol. The van der Waals surface area contributed by atoms with Crippen LogP contribution in [0, 0.1) is 11.8 Å². The molecule has 3 aromatic carbocycles. The lowest BCUT2D eigenvalue weighted by Crippen LogP contribution is -2.67. The summed E-state index contributed by atoms with van der Waals surface area (Å²) < 4.78 is 26.1. The number of methoxy groups -OCH3 is 1. The van der Waals surface area contributed by atoms with E-state index in [1.54, 1.807) is 7.11 Å². The number of ether oxygens (including phenoxy) is 2. The van der Waals surface area contributed by atoms with Crippen LogP contribution in [0.2, 0.25) is 21.7 Å². The van der Waals surface area contributed by atoms with Crippen LogP contribution in [0.25, 0.3) is 0 Å². The normalized spacial score (nSPS) is 15.2. The molecule has 1 N–H and O–H groups in total. The zero-order valence-corrected chi connectivity index (χ0v) is 36.7. The molecule has 0 aliphatic rings. The maximum Gasteiger partial charge on any atom is 0.261 e. The van der Waals surface area contributed by atoms with E-state index in [0.717, 1.165) is 24.2 Å². The molecule has 0 spiro atoms. The van der Waals surface area contributed by atoms with Gasteiger partial charge < -0.3 is 23.4 Å². The second-order valence-corrected chi connectivity index (χ2v) is 26.4. The van der Waals surface area contributed by atoms with Gasteiger partial charge in [-0.2, -0.15) is 0 Å². The SMILES string of the molecule is C=CC[C@@H](C[C@H](C)O[Si](c1ccccc1)(c1ccccc1)C(C)(C)C)[C@@H](CO[Si](C(C)C)(C(C)C)C(C)C)[C@@H](O)/C=C/COCc1ccc(OC)cc1. The molecule has 0 unspecified atom stereocenters. The van der Waals surface area contributed by atoms with E-state index >= 15 is 0 Å². The van der Waals surface area contributed by atoms with Crippen molar-refractivity contribution in [3.63, 3.8) is 0 Å². The Morgan fingerprint density at radius 2 is 1.30 bits per heavy atom. The van der Waals surface area contributed by atoms with Crippen LogP contribution in [-0.4, -0.2) is 54.3 Å². The summed E-state index contributed by atoms with van der Waals surface area (Å²) in [4.78, 5) is 0. The summed E-state index contributed by atoms with van der Waals surface area (Å²) in [6.45, 7) is 28.7. The van der Waals surface area contributed by atoms with Gasteiger partial charge in [-0.25, -0.2) is 0 Å². The van der Waals surface area contributed by atoms with E-state index in [4.69, 9.17) is 18.3 Å². The van der Waals surface area contributed by atoms with Crippen molar-refractivity contribution < 1.29 is 23.4 Å². The molecule has 0 saturated heterocycles. The largest absolute Gasteiger partial charge is 0.497 e. The first-order valence-corrected chi connectivity index (χ1v) is 23.8. The van der Waals surface area contributed by atoms with Crippen LogP contribution >= 0.6 is 0 Å². The number of benzene rings is 3. The molecular weight excluding hydrogens is 689 g/mol. The Balaban J connectivity index is 1.95. The third kappa shape index (κ3) is 11.4. The number of allylic oxidation sites excluding steroid dienone is 1. The molecule has 7 heteroatoms. The molecule has 3 rings (SSSR count). The van der Waals surface area contributed by atoms with Gasteiger partial charge >= 0.3 is 0 Å². The summed E-state index contributed by atoms with van der Waals surface area (Å²) in [5.41, 5.74) is 2.40. The highest BCUT2D eigenvalue weighted by atomic mass is 28.4. The predicted molar refractivity (Wildman–Crippen MR) is 229 cm³/mol. The van der Waals surface area contributed by atoms with Crippen molar-refractivity contribution in [3.8, 4) is 5.75 Å². The summed E-state index contributed by atoms with van der Waals surface area (Å²) in [5.74, 6) is 0.753.